The molecule has 9 rings (SSSR count). The molecule has 0 saturated carbocycles. The summed E-state index contributed by atoms with van der Waals surface area (Å²) in [6.07, 6.45) is 7.60. The van der Waals surface area contributed by atoms with Crippen molar-refractivity contribution in [3.05, 3.63) is 158 Å². The number of ether oxygens (including phenoxy) is 1. The molecular formula is C53H58N6O9S3. The van der Waals surface area contributed by atoms with Crippen molar-refractivity contribution >= 4 is 69.9 Å². The van der Waals surface area contributed by atoms with Crippen LogP contribution in [0, 0.1) is 0 Å². The van der Waals surface area contributed by atoms with Gasteiger partial charge in [0, 0.05) is 59.9 Å². The summed E-state index contributed by atoms with van der Waals surface area (Å²) in [4.78, 5) is 78.7. The molecule has 0 radical (unpaired) electrons. The Bertz CT molecular complexity index is 2710. The van der Waals surface area contributed by atoms with Crippen LogP contribution in [0.15, 0.2) is 109 Å². The first-order valence-corrected chi connectivity index (χ1v) is 26.2. The third-order valence-corrected chi connectivity index (χ3v) is 15.1. The molecule has 0 bridgehead atoms. The normalized spacial score (nSPS) is 18.5. The second kappa shape index (κ2) is 26.3. The molecule has 0 amide bonds. The number of carbonyl (C=O) groups excluding carboxylic acids is 4. The number of aromatic carboxylic acids is 2. The molecule has 3 atom stereocenters. The van der Waals surface area contributed by atoms with Crippen molar-refractivity contribution in [2.45, 2.75) is 63.2 Å². The van der Waals surface area contributed by atoms with Crippen LogP contribution in [0.25, 0.3) is 0 Å². The Morgan fingerprint density at radius 1 is 0.563 bits per heavy atom. The summed E-state index contributed by atoms with van der Waals surface area (Å²) in [6.45, 7) is 8.30. The van der Waals surface area contributed by atoms with Crippen LogP contribution in [0.4, 0.5) is 0 Å². The highest BCUT2D eigenvalue weighted by Crippen LogP contribution is 2.32. The molecule has 6 aromatic rings. The van der Waals surface area contributed by atoms with Crippen molar-refractivity contribution in [3.8, 4) is 0 Å². The number of piperidine rings is 3. The predicted octanol–water partition coefficient (Wildman–Crippen LogP) is 9.19. The largest absolute Gasteiger partial charge is 0.477 e. The fourth-order valence-corrected chi connectivity index (χ4v) is 11.2. The molecule has 0 spiro atoms. The van der Waals surface area contributed by atoms with Crippen LogP contribution < -0.4 is 0 Å². The zero-order valence-electron chi connectivity index (χ0n) is 39.6. The van der Waals surface area contributed by atoms with Crippen LogP contribution >= 0.6 is 34.6 Å². The molecule has 3 aromatic carbocycles. The molecule has 3 aromatic heterocycles. The lowest BCUT2D eigenvalue weighted by molar-refractivity contribution is 0.0530. The van der Waals surface area contributed by atoms with E-state index < -0.39 is 11.9 Å². The van der Waals surface area contributed by atoms with Crippen molar-refractivity contribution < 1.29 is 43.7 Å². The van der Waals surface area contributed by atoms with E-state index in [4.69, 9.17) is 9.84 Å². The third-order valence-electron chi connectivity index (χ3n) is 12.7. The van der Waals surface area contributed by atoms with E-state index in [1.807, 2.05) is 97.1 Å². The molecule has 15 nitrogen and oxygen atoms in total. The molecule has 0 aliphatic carbocycles. The van der Waals surface area contributed by atoms with Gasteiger partial charge in [0.1, 0.15) is 14.6 Å². The Hall–Kier alpha value is -6.15. The first-order valence-electron chi connectivity index (χ1n) is 23.9. The molecule has 3 aliphatic rings. The van der Waals surface area contributed by atoms with Gasteiger partial charge >= 0.3 is 17.9 Å². The van der Waals surface area contributed by atoms with Gasteiger partial charge in [-0.1, -0.05) is 91.0 Å². The van der Waals surface area contributed by atoms with Gasteiger partial charge < -0.3 is 14.9 Å². The van der Waals surface area contributed by atoms with E-state index >= 15 is 0 Å². The Morgan fingerprint density at radius 2 is 0.972 bits per heavy atom. The van der Waals surface area contributed by atoms with Crippen molar-refractivity contribution in [1.82, 2.24) is 27.8 Å². The monoisotopic (exact) mass is 1020 g/mol. The van der Waals surface area contributed by atoms with Crippen LogP contribution in [0.2, 0.25) is 0 Å². The molecule has 3 unspecified atom stereocenters. The summed E-state index contributed by atoms with van der Waals surface area (Å²) in [5, 5.41) is 18.3. The van der Waals surface area contributed by atoms with Gasteiger partial charge in [-0.3, -0.25) is 29.1 Å². The van der Waals surface area contributed by atoms with Crippen LogP contribution in [-0.2, 0) is 4.74 Å². The first-order chi connectivity index (χ1) is 34.4. The minimum atomic E-state index is -0.930. The molecule has 372 valence electrons. The average Bonchev–Trinajstić information content (AvgIpc) is 4.21. The van der Waals surface area contributed by atoms with E-state index in [0.29, 0.717) is 42.5 Å². The number of carboxylic acid groups (broad SMARTS) is 2. The van der Waals surface area contributed by atoms with E-state index in [2.05, 4.69) is 27.8 Å². The van der Waals surface area contributed by atoms with Gasteiger partial charge in [0.05, 0.1) is 37.6 Å². The molecule has 71 heavy (non-hydrogen) atoms. The van der Waals surface area contributed by atoms with Crippen LogP contribution in [0.5, 0.6) is 0 Å². The number of likely N-dealkylation sites (tertiary alicyclic amines) is 3. The second-order valence-electron chi connectivity index (χ2n) is 17.8. The molecule has 3 aliphatic heterocycles. The highest BCUT2D eigenvalue weighted by molar-refractivity contribution is 7.08. The average molecular weight is 1020 g/mol. The number of rotatable bonds is 16. The molecular weight excluding hydrogens is 961 g/mol. The lowest BCUT2D eigenvalue weighted by Gasteiger charge is -2.32. The van der Waals surface area contributed by atoms with Crippen molar-refractivity contribution in [3.63, 3.8) is 0 Å². The summed E-state index contributed by atoms with van der Waals surface area (Å²) in [7, 11) is 0. The minimum Gasteiger partial charge on any atom is -0.477 e. The lowest BCUT2D eigenvalue weighted by Crippen LogP contribution is -2.38. The number of carbonyl (C=O) groups is 6. The van der Waals surface area contributed by atoms with Crippen LogP contribution in [-0.4, -0.2) is 139 Å². The Labute approximate surface area is 425 Å². The number of ketones is 3. The van der Waals surface area contributed by atoms with Crippen LogP contribution in [0.1, 0.15) is 140 Å². The second-order valence-corrected chi connectivity index (χ2v) is 20.2. The van der Waals surface area contributed by atoms with E-state index in [1.54, 1.807) is 19.2 Å². The fraction of sp³-hybridized carbons (Fsp3) is 0.377. The molecule has 3 saturated heterocycles. The number of Topliss-reactive ketones (excluding diaryl/α,β-unsaturated/α-hetero) is 3. The fourth-order valence-electron chi connectivity index (χ4n) is 9.15. The lowest BCUT2D eigenvalue weighted by atomic mass is 9.91. The van der Waals surface area contributed by atoms with E-state index in [0.717, 1.165) is 128 Å². The summed E-state index contributed by atoms with van der Waals surface area (Å²) in [5.74, 6) is -1.18. The van der Waals surface area contributed by atoms with Gasteiger partial charge in [0.25, 0.3) is 0 Å². The van der Waals surface area contributed by atoms with E-state index in [1.165, 1.54) is 11.5 Å². The highest BCUT2D eigenvalue weighted by Gasteiger charge is 2.29. The number of nitrogens with zero attached hydrogens (tertiary/aromatic N) is 6. The number of aromatic nitrogens is 3. The van der Waals surface area contributed by atoms with Gasteiger partial charge in [-0.15, -0.1) is 0 Å². The van der Waals surface area contributed by atoms with Crippen molar-refractivity contribution in [2.75, 3.05) is 65.5 Å². The summed E-state index contributed by atoms with van der Waals surface area (Å²) >= 11 is 3.25. The Kier molecular flexibility index (Phi) is 19.5. The maximum atomic E-state index is 12.4. The maximum absolute atomic E-state index is 12.4. The molecule has 3 fully saturated rings. The first kappa shape index (κ1) is 52.7. The number of hydrogen-bond acceptors (Lipinski definition) is 16. The zero-order chi connectivity index (χ0) is 50.1. The van der Waals surface area contributed by atoms with Crippen LogP contribution in [0.3, 0.4) is 0 Å². The molecule has 2 N–H and O–H groups in total. The zero-order valence-corrected chi connectivity index (χ0v) is 42.0. The number of hydrogen-bond donors (Lipinski definition) is 2. The van der Waals surface area contributed by atoms with E-state index in [9.17, 15) is 33.9 Å². The van der Waals surface area contributed by atoms with Crippen molar-refractivity contribution in [1.29, 1.82) is 0 Å². The summed E-state index contributed by atoms with van der Waals surface area (Å²) in [5.41, 5.74) is 4.78. The third kappa shape index (κ3) is 15.2. The van der Waals surface area contributed by atoms with Gasteiger partial charge in [-0.05, 0) is 118 Å². The quantitative estimate of drug-likeness (QED) is 0.0686. The Balaban J connectivity index is 0.000000157. The summed E-state index contributed by atoms with van der Waals surface area (Å²) in [6, 6.07) is 31.5. The van der Waals surface area contributed by atoms with Gasteiger partial charge in [0.15, 0.2) is 17.3 Å². The smallest absolute Gasteiger partial charge is 0.349 e. The predicted molar refractivity (Wildman–Crippen MR) is 274 cm³/mol. The van der Waals surface area contributed by atoms with Gasteiger partial charge in [-0.2, -0.15) is 8.75 Å². The topological polar surface area (TPSA) is 200 Å². The standard InChI is InChI=1S/C19H22N2O3S.2C17H18N2O3S/c1-2-24-19(23)18-11-16(20-25-18)15-9-6-10-21(12-15)13-17(22)14-7-4-3-5-8-14;20-15(12-5-2-1-3-6-12)11-19-8-4-7-13(10-19)14-9-18-23-16(14)17(21)22;20-15(12-5-2-1-3-6-12)11-19-8-4-7-13(10-19)14-9-16(17(21)22)23-18-14/h3-5,7-8,11,15H,2,6,9-10,12-13H2,1H3;2*1-3,5-6,9,13H,4,7-8,10-11H2,(H,21,22). The van der Waals surface area contributed by atoms with Gasteiger partial charge in [0.2, 0.25) is 0 Å². The highest BCUT2D eigenvalue weighted by atomic mass is 32.1. The minimum absolute atomic E-state index is 0.105. The molecule has 6 heterocycles. The maximum Gasteiger partial charge on any atom is 0.349 e. The van der Waals surface area contributed by atoms with Gasteiger partial charge in [-0.25, -0.2) is 18.8 Å². The Morgan fingerprint density at radius 3 is 1.38 bits per heavy atom. The van der Waals surface area contributed by atoms with Crippen molar-refractivity contribution in [2.24, 2.45) is 0 Å². The van der Waals surface area contributed by atoms with E-state index in [-0.39, 0.29) is 45.9 Å². The number of benzene rings is 3. The SMILES string of the molecule is CCOC(=O)c1cc(C2CCCN(CC(=O)c3ccccc3)C2)ns1.O=C(CN1CCCC(c2cc(C(=O)O)sn2)C1)c1ccccc1.O=C(CN1CCCC(c2cnsc2C(=O)O)C1)c1ccccc1. The summed E-state index contributed by atoms with van der Waals surface area (Å²) < 4.78 is 17.8. The number of esters is 1. The molecule has 18 heteroatoms. The number of carboxylic acids is 2.